The fourth-order valence-corrected chi connectivity index (χ4v) is 3.33. The van der Waals surface area contributed by atoms with E-state index in [2.05, 4.69) is 20.6 Å². The number of carbonyl (C=O) groups excluding carboxylic acids is 2. The summed E-state index contributed by atoms with van der Waals surface area (Å²) in [5.41, 5.74) is 1.17. The zero-order valence-corrected chi connectivity index (χ0v) is 15.2. The fourth-order valence-electron chi connectivity index (χ4n) is 3.33. The molecule has 1 saturated carbocycles. The van der Waals surface area contributed by atoms with E-state index in [1.807, 2.05) is 19.1 Å². The van der Waals surface area contributed by atoms with Gasteiger partial charge < -0.3 is 20.2 Å². The number of amides is 2. The molecule has 27 heavy (non-hydrogen) atoms. The second-order valence-corrected chi connectivity index (χ2v) is 6.71. The highest BCUT2D eigenvalue weighted by molar-refractivity contribution is 5.93. The van der Waals surface area contributed by atoms with Gasteiger partial charge in [-0.05, 0) is 30.9 Å². The van der Waals surface area contributed by atoms with E-state index in [-0.39, 0.29) is 23.4 Å². The third-order valence-electron chi connectivity index (χ3n) is 4.87. The van der Waals surface area contributed by atoms with Gasteiger partial charge in [0.15, 0.2) is 12.1 Å². The molecule has 0 aromatic carbocycles. The van der Waals surface area contributed by atoms with Crippen molar-refractivity contribution >= 4 is 11.8 Å². The number of carbonyl (C=O) groups is 2. The van der Waals surface area contributed by atoms with E-state index in [1.165, 1.54) is 6.39 Å². The Kier molecular flexibility index (Phi) is 6.18. The number of aryl methyl sites for hydroxylation is 1. The van der Waals surface area contributed by atoms with Crippen molar-refractivity contribution in [2.45, 2.75) is 51.3 Å². The Bertz CT molecular complexity index is 777. The second-order valence-electron chi connectivity index (χ2n) is 6.71. The monoisotopic (exact) mass is 372 g/mol. The molecular weight excluding hydrogens is 348 g/mol. The van der Waals surface area contributed by atoms with Gasteiger partial charge in [0.05, 0.1) is 12.1 Å². The van der Waals surface area contributed by atoms with Gasteiger partial charge in [-0.15, -0.1) is 0 Å². The fraction of sp³-hybridized carbons (Fsp3) is 0.474. The molecule has 1 aliphatic rings. The predicted octanol–water partition coefficient (Wildman–Crippen LogP) is 1.21. The average molecular weight is 372 g/mol. The molecule has 3 rings (SSSR count). The largest absolute Gasteiger partial charge is 0.448 e. The molecule has 2 aromatic heterocycles. The number of aliphatic hydroxyl groups excluding tert-OH is 1. The lowest BCUT2D eigenvalue weighted by atomic mass is 9.83. The van der Waals surface area contributed by atoms with Crippen LogP contribution < -0.4 is 10.6 Å². The summed E-state index contributed by atoms with van der Waals surface area (Å²) in [5, 5.41) is 16.1. The van der Waals surface area contributed by atoms with Crippen molar-refractivity contribution in [3.8, 4) is 0 Å². The van der Waals surface area contributed by atoms with Crippen LogP contribution in [0.3, 0.4) is 0 Å². The van der Waals surface area contributed by atoms with Crippen molar-refractivity contribution < 1.29 is 19.1 Å². The highest BCUT2D eigenvalue weighted by Gasteiger charge is 2.34. The van der Waals surface area contributed by atoms with Crippen LogP contribution in [-0.2, 0) is 17.8 Å². The Hall–Kier alpha value is -2.74. The third kappa shape index (κ3) is 4.71. The SMILES string of the molecule is CCc1ocnc1C(=O)N[C@H]1CC[C@H](C(=O)NCc2cccnc2)C[C@@H]1O. The van der Waals surface area contributed by atoms with Crippen LogP contribution in [0.25, 0.3) is 0 Å². The van der Waals surface area contributed by atoms with Crippen molar-refractivity contribution in [3.05, 3.63) is 47.9 Å². The third-order valence-corrected chi connectivity index (χ3v) is 4.87. The number of pyridine rings is 1. The molecule has 0 unspecified atom stereocenters. The van der Waals surface area contributed by atoms with Gasteiger partial charge in [0.1, 0.15) is 5.76 Å². The quantitative estimate of drug-likeness (QED) is 0.702. The number of hydrogen-bond acceptors (Lipinski definition) is 6. The second kappa shape index (κ2) is 8.77. The lowest BCUT2D eigenvalue weighted by molar-refractivity contribution is -0.127. The molecule has 0 aliphatic heterocycles. The minimum atomic E-state index is -0.784. The first-order valence-electron chi connectivity index (χ1n) is 9.16. The maximum Gasteiger partial charge on any atom is 0.273 e. The normalized spacial score (nSPS) is 22.2. The van der Waals surface area contributed by atoms with Crippen LogP contribution in [0.4, 0.5) is 0 Å². The van der Waals surface area contributed by atoms with Crippen LogP contribution in [0.15, 0.2) is 35.3 Å². The van der Waals surface area contributed by atoms with Crippen molar-refractivity contribution in [2.75, 3.05) is 0 Å². The van der Waals surface area contributed by atoms with Gasteiger partial charge in [-0.3, -0.25) is 14.6 Å². The van der Waals surface area contributed by atoms with Crippen LogP contribution in [0.5, 0.6) is 0 Å². The molecule has 2 aromatic rings. The molecule has 0 spiro atoms. The van der Waals surface area contributed by atoms with Crippen LogP contribution in [-0.4, -0.2) is 39.0 Å². The number of nitrogens with zero attached hydrogens (tertiary/aromatic N) is 2. The zero-order valence-electron chi connectivity index (χ0n) is 15.2. The molecule has 1 aliphatic carbocycles. The van der Waals surface area contributed by atoms with Crippen molar-refractivity contribution in [1.29, 1.82) is 0 Å². The number of rotatable bonds is 6. The van der Waals surface area contributed by atoms with E-state index >= 15 is 0 Å². The Morgan fingerprint density at radius 1 is 1.37 bits per heavy atom. The highest BCUT2D eigenvalue weighted by atomic mass is 16.3. The van der Waals surface area contributed by atoms with Crippen molar-refractivity contribution in [3.63, 3.8) is 0 Å². The summed E-state index contributed by atoms with van der Waals surface area (Å²) < 4.78 is 5.17. The molecule has 144 valence electrons. The number of hydrogen-bond donors (Lipinski definition) is 3. The molecule has 0 bridgehead atoms. The van der Waals surface area contributed by atoms with Crippen molar-refractivity contribution in [2.24, 2.45) is 5.92 Å². The average Bonchev–Trinajstić information content (AvgIpc) is 3.17. The Balaban J connectivity index is 1.50. The van der Waals surface area contributed by atoms with Gasteiger partial charge in [-0.25, -0.2) is 4.98 Å². The van der Waals surface area contributed by atoms with E-state index in [0.717, 1.165) is 5.56 Å². The molecule has 8 nitrogen and oxygen atoms in total. The molecule has 1 fully saturated rings. The highest BCUT2D eigenvalue weighted by Crippen LogP contribution is 2.25. The minimum absolute atomic E-state index is 0.0903. The molecule has 0 saturated heterocycles. The van der Waals surface area contributed by atoms with Crippen LogP contribution in [0.1, 0.15) is 48.0 Å². The van der Waals surface area contributed by atoms with Gasteiger partial charge in [-0.2, -0.15) is 0 Å². The van der Waals surface area contributed by atoms with E-state index < -0.39 is 12.1 Å². The minimum Gasteiger partial charge on any atom is -0.448 e. The maximum atomic E-state index is 12.4. The first kappa shape index (κ1) is 19.0. The summed E-state index contributed by atoms with van der Waals surface area (Å²) in [7, 11) is 0. The summed E-state index contributed by atoms with van der Waals surface area (Å²) in [4.78, 5) is 32.7. The molecular formula is C19H24N4O4. The van der Waals surface area contributed by atoms with E-state index in [4.69, 9.17) is 4.42 Å². The summed E-state index contributed by atoms with van der Waals surface area (Å²) in [6.45, 7) is 2.28. The van der Waals surface area contributed by atoms with E-state index in [0.29, 0.717) is 38.0 Å². The predicted molar refractivity (Wildman–Crippen MR) is 96.6 cm³/mol. The number of aromatic nitrogens is 2. The molecule has 3 N–H and O–H groups in total. The van der Waals surface area contributed by atoms with E-state index in [1.54, 1.807) is 12.4 Å². The standard InChI is InChI=1S/C19H24N4O4/c1-2-16-17(22-11-27-16)19(26)23-14-6-5-13(8-15(14)24)18(25)21-10-12-4-3-7-20-9-12/h3-4,7,9,11,13-15,24H,2,5-6,8,10H2,1H3,(H,21,25)(H,23,26)/t13-,14-,15-/m0/s1. The summed E-state index contributed by atoms with van der Waals surface area (Å²) >= 11 is 0. The summed E-state index contributed by atoms with van der Waals surface area (Å²) in [6.07, 6.45) is 5.84. The van der Waals surface area contributed by atoms with Gasteiger partial charge in [0.25, 0.3) is 5.91 Å². The topological polar surface area (TPSA) is 117 Å². The molecule has 2 heterocycles. The summed E-state index contributed by atoms with van der Waals surface area (Å²) in [5.74, 6) is -0.204. The van der Waals surface area contributed by atoms with Crippen LogP contribution >= 0.6 is 0 Å². The van der Waals surface area contributed by atoms with Crippen LogP contribution in [0, 0.1) is 5.92 Å². The van der Waals surface area contributed by atoms with E-state index in [9.17, 15) is 14.7 Å². The Morgan fingerprint density at radius 3 is 2.93 bits per heavy atom. The molecule has 0 radical (unpaired) electrons. The zero-order chi connectivity index (χ0) is 19.2. The molecule has 3 atom stereocenters. The number of oxazole rings is 1. The lowest BCUT2D eigenvalue weighted by Gasteiger charge is -2.32. The lowest BCUT2D eigenvalue weighted by Crippen LogP contribution is -2.49. The number of nitrogens with one attached hydrogen (secondary N) is 2. The van der Waals surface area contributed by atoms with Gasteiger partial charge in [0, 0.05) is 31.3 Å². The van der Waals surface area contributed by atoms with Crippen LogP contribution in [0.2, 0.25) is 0 Å². The first-order chi connectivity index (χ1) is 13.1. The van der Waals surface area contributed by atoms with Gasteiger partial charge >= 0.3 is 0 Å². The Labute approximate surface area is 157 Å². The summed E-state index contributed by atoms with van der Waals surface area (Å²) in [6, 6.07) is 3.31. The van der Waals surface area contributed by atoms with Gasteiger partial charge in [-0.1, -0.05) is 13.0 Å². The molecule has 8 heteroatoms. The maximum absolute atomic E-state index is 12.4. The van der Waals surface area contributed by atoms with Crippen molar-refractivity contribution in [1.82, 2.24) is 20.6 Å². The molecule has 2 amide bonds. The number of aliphatic hydroxyl groups is 1. The first-order valence-corrected chi connectivity index (χ1v) is 9.16. The van der Waals surface area contributed by atoms with Gasteiger partial charge in [0.2, 0.25) is 5.91 Å². The Morgan fingerprint density at radius 2 is 2.22 bits per heavy atom. The smallest absolute Gasteiger partial charge is 0.273 e.